The number of fused-ring (bicyclic) bond motifs is 1. The van der Waals surface area contributed by atoms with Gasteiger partial charge < -0.3 is 0 Å². The van der Waals surface area contributed by atoms with Gasteiger partial charge in [-0.25, -0.2) is 10.4 Å². The van der Waals surface area contributed by atoms with Crippen LogP contribution in [-0.2, 0) is 4.79 Å². The number of rotatable bonds is 7. The van der Waals surface area contributed by atoms with E-state index in [1.807, 2.05) is 80.6 Å². The molecule has 2 aromatic carbocycles. The van der Waals surface area contributed by atoms with E-state index in [9.17, 15) is 4.79 Å². The second-order valence-corrected chi connectivity index (χ2v) is 8.42. The Hall–Kier alpha value is -2.44. The number of nitrogens with one attached hydrogen (secondary N) is 1. The molecule has 3 aromatic rings. The number of allylic oxidation sites excluding steroid dienone is 1. The summed E-state index contributed by atoms with van der Waals surface area (Å²) in [6.07, 6.45) is 4.57. The number of hydrogen-bond donors (Lipinski definition) is 1. The SMILES string of the molecule is CC[C@H](Sc1nc2ccccc2s1)C(=O)NN=C(C)/C=C/c1ccccc1. The number of thiazole rings is 1. The number of carbonyl (C=O) groups is 1. The van der Waals surface area contributed by atoms with Crippen LogP contribution in [0.4, 0.5) is 0 Å². The summed E-state index contributed by atoms with van der Waals surface area (Å²) in [6, 6.07) is 18.0. The highest BCUT2D eigenvalue weighted by molar-refractivity contribution is 8.02. The third-order valence-electron chi connectivity index (χ3n) is 3.84. The minimum absolute atomic E-state index is 0.103. The molecule has 4 nitrogen and oxygen atoms in total. The quantitative estimate of drug-likeness (QED) is 0.332. The van der Waals surface area contributed by atoms with E-state index in [2.05, 4.69) is 15.5 Å². The molecule has 1 N–H and O–H groups in total. The molecule has 0 saturated heterocycles. The van der Waals surface area contributed by atoms with Crippen molar-refractivity contribution in [2.24, 2.45) is 5.10 Å². The van der Waals surface area contributed by atoms with E-state index in [0.29, 0.717) is 6.42 Å². The third kappa shape index (κ3) is 5.52. The Kier molecular flexibility index (Phi) is 6.79. The maximum atomic E-state index is 12.5. The van der Waals surface area contributed by atoms with E-state index in [0.717, 1.165) is 25.8 Å². The van der Waals surface area contributed by atoms with Gasteiger partial charge in [0.05, 0.1) is 21.2 Å². The zero-order valence-electron chi connectivity index (χ0n) is 15.3. The average molecular weight is 396 g/mol. The first kappa shape index (κ1) is 19.3. The Balaban J connectivity index is 1.60. The van der Waals surface area contributed by atoms with Gasteiger partial charge >= 0.3 is 0 Å². The fourth-order valence-corrected chi connectivity index (χ4v) is 4.61. The number of nitrogens with zero attached hydrogens (tertiary/aromatic N) is 2. The first-order valence-corrected chi connectivity index (χ1v) is 10.4. The van der Waals surface area contributed by atoms with Crippen molar-refractivity contribution in [2.45, 2.75) is 29.9 Å². The highest BCUT2D eigenvalue weighted by Gasteiger charge is 2.19. The summed E-state index contributed by atoms with van der Waals surface area (Å²) in [7, 11) is 0. The molecule has 6 heteroatoms. The third-order valence-corrected chi connectivity index (χ3v) is 6.33. The Morgan fingerprint density at radius 2 is 1.96 bits per heavy atom. The maximum Gasteiger partial charge on any atom is 0.253 e. The van der Waals surface area contributed by atoms with Gasteiger partial charge in [-0.1, -0.05) is 67.2 Å². The molecule has 0 radical (unpaired) electrons. The molecule has 0 aliphatic rings. The van der Waals surface area contributed by atoms with Gasteiger partial charge in [0.2, 0.25) is 0 Å². The van der Waals surface area contributed by atoms with E-state index >= 15 is 0 Å². The predicted octanol–water partition coefficient (Wildman–Crippen LogP) is 5.37. The smallest absolute Gasteiger partial charge is 0.253 e. The van der Waals surface area contributed by atoms with Crippen LogP contribution in [0.25, 0.3) is 16.3 Å². The van der Waals surface area contributed by atoms with Gasteiger partial charge in [0.25, 0.3) is 5.91 Å². The number of aromatic nitrogens is 1. The van der Waals surface area contributed by atoms with Crippen LogP contribution in [0.5, 0.6) is 0 Å². The van der Waals surface area contributed by atoms with Gasteiger partial charge in [0.15, 0.2) is 4.34 Å². The normalized spacial score (nSPS) is 13.2. The number of benzene rings is 2. The molecule has 0 bridgehead atoms. The lowest BCUT2D eigenvalue weighted by molar-refractivity contribution is -0.120. The average Bonchev–Trinajstić information content (AvgIpc) is 3.12. The first-order valence-electron chi connectivity index (χ1n) is 8.75. The molecule has 0 saturated carbocycles. The zero-order chi connectivity index (χ0) is 19.1. The number of hydrogen-bond acceptors (Lipinski definition) is 5. The standard InChI is InChI=1S/C21H21N3OS2/c1-3-18(26-21-22-17-11-7-8-12-19(17)27-21)20(25)24-23-15(2)13-14-16-9-5-4-6-10-16/h4-14,18H,3H2,1-2H3,(H,24,25)/b14-13+,23-15?/t18-/m0/s1. The minimum Gasteiger partial charge on any atom is -0.272 e. The minimum atomic E-state index is -0.222. The van der Waals surface area contributed by atoms with Gasteiger partial charge in [0, 0.05) is 0 Å². The number of carbonyl (C=O) groups excluding carboxylic acids is 1. The largest absolute Gasteiger partial charge is 0.272 e. The van der Waals surface area contributed by atoms with Gasteiger partial charge in [0.1, 0.15) is 0 Å². The molecule has 1 heterocycles. The van der Waals surface area contributed by atoms with Crippen molar-refractivity contribution in [1.82, 2.24) is 10.4 Å². The van der Waals surface area contributed by atoms with E-state index in [4.69, 9.17) is 0 Å². The van der Waals surface area contributed by atoms with Crippen LogP contribution in [0.3, 0.4) is 0 Å². The van der Waals surface area contributed by atoms with Crippen LogP contribution in [-0.4, -0.2) is 21.9 Å². The van der Waals surface area contributed by atoms with Crippen LogP contribution in [0, 0.1) is 0 Å². The fraction of sp³-hybridized carbons (Fsp3) is 0.190. The molecule has 1 amide bonds. The van der Waals surface area contributed by atoms with Crippen LogP contribution < -0.4 is 5.43 Å². The summed E-state index contributed by atoms with van der Waals surface area (Å²) >= 11 is 3.11. The van der Waals surface area contributed by atoms with Crippen molar-refractivity contribution in [3.05, 3.63) is 66.2 Å². The second kappa shape index (κ2) is 9.48. The number of thioether (sulfide) groups is 1. The molecule has 0 aliphatic heterocycles. The summed E-state index contributed by atoms with van der Waals surface area (Å²) in [5.74, 6) is -0.103. The van der Waals surface area contributed by atoms with E-state index in [-0.39, 0.29) is 11.2 Å². The molecule has 138 valence electrons. The van der Waals surface area contributed by atoms with Crippen molar-refractivity contribution >= 4 is 51.0 Å². The van der Waals surface area contributed by atoms with Crippen LogP contribution in [0.2, 0.25) is 0 Å². The lowest BCUT2D eigenvalue weighted by atomic mass is 10.2. The summed E-state index contributed by atoms with van der Waals surface area (Å²) < 4.78 is 2.04. The Bertz CT molecular complexity index is 931. The summed E-state index contributed by atoms with van der Waals surface area (Å²) in [4.78, 5) is 17.1. The molecular formula is C21H21N3OS2. The van der Waals surface area contributed by atoms with Crippen LogP contribution >= 0.6 is 23.1 Å². The molecule has 3 rings (SSSR count). The second-order valence-electron chi connectivity index (χ2n) is 5.94. The van der Waals surface area contributed by atoms with Crippen LogP contribution in [0.15, 0.2) is 70.1 Å². The van der Waals surface area contributed by atoms with E-state index in [1.54, 1.807) is 11.3 Å². The van der Waals surface area contributed by atoms with E-state index in [1.165, 1.54) is 11.8 Å². The number of amides is 1. The zero-order valence-corrected chi connectivity index (χ0v) is 16.9. The molecular weight excluding hydrogens is 374 g/mol. The number of hydrazone groups is 1. The summed E-state index contributed by atoms with van der Waals surface area (Å²) in [5, 5.41) is 3.97. The van der Waals surface area contributed by atoms with E-state index < -0.39 is 0 Å². The van der Waals surface area contributed by atoms with Crippen LogP contribution in [0.1, 0.15) is 25.8 Å². The van der Waals surface area contributed by atoms with Crippen molar-refractivity contribution in [3.8, 4) is 0 Å². The maximum absolute atomic E-state index is 12.5. The van der Waals surface area contributed by atoms with Crippen molar-refractivity contribution < 1.29 is 4.79 Å². The monoisotopic (exact) mass is 395 g/mol. The highest BCUT2D eigenvalue weighted by atomic mass is 32.2. The fourth-order valence-electron chi connectivity index (χ4n) is 2.38. The molecule has 1 atom stereocenters. The predicted molar refractivity (Wildman–Crippen MR) is 116 cm³/mol. The molecule has 0 unspecified atom stereocenters. The van der Waals surface area contributed by atoms with Crippen molar-refractivity contribution in [2.75, 3.05) is 0 Å². The molecule has 1 aromatic heterocycles. The van der Waals surface area contributed by atoms with Crippen molar-refractivity contribution in [1.29, 1.82) is 0 Å². The van der Waals surface area contributed by atoms with Gasteiger partial charge in [-0.05, 0) is 37.1 Å². The molecule has 0 aliphatic carbocycles. The van der Waals surface area contributed by atoms with Gasteiger partial charge in [-0.2, -0.15) is 5.10 Å². The Morgan fingerprint density at radius 1 is 1.22 bits per heavy atom. The molecule has 0 fully saturated rings. The lowest BCUT2D eigenvalue weighted by Gasteiger charge is -2.10. The molecule has 0 spiro atoms. The molecule has 27 heavy (non-hydrogen) atoms. The Labute approximate surface area is 167 Å². The Morgan fingerprint density at radius 3 is 2.70 bits per heavy atom. The first-order chi connectivity index (χ1) is 13.2. The number of para-hydroxylation sites is 1. The highest BCUT2D eigenvalue weighted by Crippen LogP contribution is 2.33. The topological polar surface area (TPSA) is 54.4 Å². The summed E-state index contributed by atoms with van der Waals surface area (Å²) in [5.41, 5.74) is 5.49. The lowest BCUT2D eigenvalue weighted by Crippen LogP contribution is -2.29. The summed E-state index contributed by atoms with van der Waals surface area (Å²) in [6.45, 7) is 3.86. The van der Waals surface area contributed by atoms with Gasteiger partial charge in [-0.15, -0.1) is 11.3 Å². The van der Waals surface area contributed by atoms with Crippen molar-refractivity contribution in [3.63, 3.8) is 0 Å². The van der Waals surface area contributed by atoms with Gasteiger partial charge in [-0.3, -0.25) is 4.79 Å².